The fourth-order valence-corrected chi connectivity index (χ4v) is 4.08. The van der Waals surface area contributed by atoms with Crippen LogP contribution in [0.25, 0.3) is 0 Å². The van der Waals surface area contributed by atoms with Crippen molar-refractivity contribution in [2.75, 3.05) is 44.7 Å². The number of carbonyl (C=O) groups excluding carboxylic acids is 2. The number of methoxy groups -OCH3 is 1. The van der Waals surface area contributed by atoms with Gasteiger partial charge in [-0.15, -0.1) is 0 Å². The van der Waals surface area contributed by atoms with Crippen LogP contribution in [0.4, 0.5) is 5.69 Å². The van der Waals surface area contributed by atoms with Crippen molar-refractivity contribution in [3.63, 3.8) is 0 Å². The van der Waals surface area contributed by atoms with E-state index in [0.717, 1.165) is 25.1 Å². The van der Waals surface area contributed by atoms with Gasteiger partial charge in [0.25, 0.3) is 0 Å². The number of para-hydroxylation sites is 1. The summed E-state index contributed by atoms with van der Waals surface area (Å²) in [6, 6.07) is 20.4. The molecule has 0 radical (unpaired) electrons. The van der Waals surface area contributed by atoms with E-state index >= 15 is 0 Å². The van der Waals surface area contributed by atoms with Crippen molar-refractivity contribution in [2.45, 2.75) is 19.9 Å². The normalized spacial score (nSPS) is 16.9. The Morgan fingerprint density at radius 2 is 1.81 bits per heavy atom. The standard InChI is InChI=1S/C25H33N3O3/c1-20(25(30)31-2)16-27(17-21-9-5-3-6-10-21)19-24(29)26-15-22-13-14-28(18-22)23-11-7-4-8-12-23/h3-12,20,22H,13-19H2,1-2H3,(H,26,29). The predicted molar refractivity (Wildman–Crippen MR) is 123 cm³/mol. The third kappa shape index (κ3) is 7.10. The molecule has 0 aliphatic carbocycles. The highest BCUT2D eigenvalue weighted by molar-refractivity contribution is 5.78. The van der Waals surface area contributed by atoms with E-state index in [4.69, 9.17) is 4.74 Å². The van der Waals surface area contributed by atoms with Crippen molar-refractivity contribution in [2.24, 2.45) is 11.8 Å². The Kier molecular flexibility index (Phi) is 8.47. The summed E-state index contributed by atoms with van der Waals surface area (Å²) in [7, 11) is 1.40. The van der Waals surface area contributed by atoms with Crippen LogP contribution in [0.3, 0.4) is 0 Å². The number of anilines is 1. The molecular weight excluding hydrogens is 390 g/mol. The molecule has 1 saturated heterocycles. The largest absolute Gasteiger partial charge is 0.469 e. The second-order valence-electron chi connectivity index (χ2n) is 8.32. The number of nitrogens with one attached hydrogen (secondary N) is 1. The first-order valence-corrected chi connectivity index (χ1v) is 11.0. The van der Waals surface area contributed by atoms with Gasteiger partial charge in [0.05, 0.1) is 19.6 Å². The second kappa shape index (κ2) is 11.5. The Morgan fingerprint density at radius 1 is 1.13 bits per heavy atom. The topological polar surface area (TPSA) is 61.9 Å². The molecule has 31 heavy (non-hydrogen) atoms. The first kappa shape index (κ1) is 22.8. The molecule has 2 unspecified atom stereocenters. The van der Waals surface area contributed by atoms with Gasteiger partial charge in [-0.25, -0.2) is 0 Å². The monoisotopic (exact) mass is 423 g/mol. The van der Waals surface area contributed by atoms with Crippen molar-refractivity contribution >= 4 is 17.6 Å². The minimum Gasteiger partial charge on any atom is -0.469 e. The molecule has 6 nitrogen and oxygen atoms in total. The van der Waals surface area contributed by atoms with Gasteiger partial charge in [0.2, 0.25) is 5.91 Å². The second-order valence-corrected chi connectivity index (χ2v) is 8.32. The maximum atomic E-state index is 12.7. The van der Waals surface area contributed by atoms with Crippen molar-refractivity contribution < 1.29 is 14.3 Å². The van der Waals surface area contributed by atoms with Crippen LogP contribution in [0.5, 0.6) is 0 Å². The third-order valence-corrected chi connectivity index (χ3v) is 5.75. The fraction of sp³-hybridized carbons (Fsp3) is 0.440. The van der Waals surface area contributed by atoms with Crippen molar-refractivity contribution in [1.29, 1.82) is 0 Å². The average Bonchev–Trinajstić information content (AvgIpc) is 3.27. The molecule has 1 fully saturated rings. The van der Waals surface area contributed by atoms with Gasteiger partial charge in [0.15, 0.2) is 0 Å². The zero-order valence-corrected chi connectivity index (χ0v) is 18.5. The summed E-state index contributed by atoms with van der Waals surface area (Å²) in [5, 5.41) is 3.11. The number of carbonyl (C=O) groups is 2. The number of benzene rings is 2. The molecule has 166 valence electrons. The Hall–Kier alpha value is -2.86. The maximum absolute atomic E-state index is 12.7. The van der Waals surface area contributed by atoms with E-state index < -0.39 is 0 Å². The van der Waals surface area contributed by atoms with E-state index in [1.54, 1.807) is 0 Å². The minimum absolute atomic E-state index is 0.00819. The van der Waals surface area contributed by atoms with Crippen LogP contribution >= 0.6 is 0 Å². The zero-order chi connectivity index (χ0) is 22.1. The highest BCUT2D eigenvalue weighted by Gasteiger charge is 2.24. The summed E-state index contributed by atoms with van der Waals surface area (Å²) < 4.78 is 4.86. The van der Waals surface area contributed by atoms with Gasteiger partial charge in [-0.2, -0.15) is 0 Å². The molecular formula is C25H33N3O3. The number of hydrogen-bond acceptors (Lipinski definition) is 5. The van der Waals surface area contributed by atoms with Crippen LogP contribution in [0.1, 0.15) is 18.9 Å². The van der Waals surface area contributed by atoms with Gasteiger partial charge in [0.1, 0.15) is 0 Å². The molecule has 0 saturated carbocycles. The van der Waals surface area contributed by atoms with Crippen LogP contribution in [0.2, 0.25) is 0 Å². The van der Waals surface area contributed by atoms with Crippen molar-refractivity contribution in [3.8, 4) is 0 Å². The van der Waals surface area contributed by atoms with Crippen LogP contribution < -0.4 is 10.2 Å². The summed E-state index contributed by atoms with van der Waals surface area (Å²) >= 11 is 0. The molecule has 6 heteroatoms. The van der Waals surface area contributed by atoms with Crippen molar-refractivity contribution in [1.82, 2.24) is 10.2 Å². The van der Waals surface area contributed by atoms with E-state index in [2.05, 4.69) is 34.5 Å². The van der Waals surface area contributed by atoms with Gasteiger partial charge < -0.3 is 15.0 Å². The SMILES string of the molecule is COC(=O)C(C)CN(CC(=O)NCC1CCN(c2ccccc2)C1)Cc1ccccc1. The molecule has 1 aliphatic heterocycles. The summed E-state index contributed by atoms with van der Waals surface area (Å²) in [5.41, 5.74) is 2.35. The fourth-order valence-electron chi connectivity index (χ4n) is 4.08. The van der Waals surface area contributed by atoms with Crippen LogP contribution in [-0.2, 0) is 20.9 Å². The lowest BCUT2D eigenvalue weighted by molar-refractivity contribution is -0.145. The average molecular weight is 424 g/mol. The smallest absolute Gasteiger partial charge is 0.309 e. The van der Waals surface area contributed by atoms with E-state index in [0.29, 0.717) is 25.6 Å². The number of amides is 1. The molecule has 0 bridgehead atoms. The molecule has 3 rings (SSSR count). The number of esters is 1. The van der Waals surface area contributed by atoms with E-state index in [1.807, 2.05) is 48.2 Å². The summed E-state index contributed by atoms with van der Waals surface area (Å²) in [5.74, 6) is -0.118. The first-order chi connectivity index (χ1) is 15.0. The molecule has 1 aliphatic rings. The molecule has 0 spiro atoms. The molecule has 0 aromatic heterocycles. The number of rotatable bonds is 10. The lowest BCUT2D eigenvalue weighted by atomic mass is 10.1. The van der Waals surface area contributed by atoms with Gasteiger partial charge in [-0.3, -0.25) is 14.5 Å². The van der Waals surface area contributed by atoms with Crippen molar-refractivity contribution in [3.05, 3.63) is 66.2 Å². The Bertz CT molecular complexity index is 828. The zero-order valence-electron chi connectivity index (χ0n) is 18.5. The first-order valence-electron chi connectivity index (χ1n) is 11.0. The Labute approximate surface area is 185 Å². The molecule has 2 atom stereocenters. The number of hydrogen-bond donors (Lipinski definition) is 1. The van der Waals surface area contributed by atoms with Gasteiger partial charge in [-0.05, 0) is 30.0 Å². The number of nitrogens with zero attached hydrogens (tertiary/aromatic N) is 2. The minimum atomic E-state index is -0.296. The molecule has 2 aromatic carbocycles. The third-order valence-electron chi connectivity index (χ3n) is 5.75. The van der Waals surface area contributed by atoms with E-state index in [9.17, 15) is 9.59 Å². The van der Waals surface area contributed by atoms with Gasteiger partial charge in [0, 0.05) is 38.4 Å². The highest BCUT2D eigenvalue weighted by Crippen LogP contribution is 2.23. The van der Waals surface area contributed by atoms with Crippen LogP contribution in [-0.4, -0.2) is 56.6 Å². The quantitative estimate of drug-likeness (QED) is 0.596. The summed E-state index contributed by atoms with van der Waals surface area (Å²) in [6.07, 6.45) is 1.07. The summed E-state index contributed by atoms with van der Waals surface area (Å²) in [4.78, 5) is 29.0. The summed E-state index contributed by atoms with van der Waals surface area (Å²) in [6.45, 7) is 5.82. The molecule has 1 heterocycles. The molecule has 2 aromatic rings. The maximum Gasteiger partial charge on any atom is 0.309 e. The predicted octanol–water partition coefficient (Wildman–Crippen LogP) is 2.94. The molecule has 1 N–H and O–H groups in total. The van der Waals surface area contributed by atoms with E-state index in [-0.39, 0.29) is 24.3 Å². The van der Waals surface area contributed by atoms with E-state index in [1.165, 1.54) is 12.8 Å². The Morgan fingerprint density at radius 3 is 2.48 bits per heavy atom. The lowest BCUT2D eigenvalue weighted by Gasteiger charge is -2.25. The van der Waals surface area contributed by atoms with Crippen LogP contribution in [0.15, 0.2) is 60.7 Å². The Balaban J connectivity index is 1.50. The van der Waals surface area contributed by atoms with Gasteiger partial charge >= 0.3 is 5.97 Å². The van der Waals surface area contributed by atoms with Crippen LogP contribution in [0, 0.1) is 11.8 Å². The lowest BCUT2D eigenvalue weighted by Crippen LogP contribution is -2.41. The highest BCUT2D eigenvalue weighted by atomic mass is 16.5. The van der Waals surface area contributed by atoms with Gasteiger partial charge in [-0.1, -0.05) is 55.5 Å². The molecule has 1 amide bonds. The number of ether oxygens (including phenoxy) is 1.